The molecule has 0 amide bonds. The smallest absolute Gasteiger partial charge is 0.336 e. The van der Waals surface area contributed by atoms with Crippen molar-refractivity contribution in [2.24, 2.45) is 0 Å². The third-order valence-corrected chi connectivity index (χ3v) is 6.76. The number of hydrogen-bond acceptors (Lipinski definition) is 6. The Hall–Kier alpha value is -1.96. The summed E-state index contributed by atoms with van der Waals surface area (Å²) in [6.07, 6.45) is 16.8. The van der Waals surface area contributed by atoms with E-state index in [-0.39, 0.29) is 12.2 Å². The minimum Gasteiger partial charge on any atom is -0.481 e. The third kappa shape index (κ3) is 18.9. The number of ether oxygens (including phenoxy) is 1. The molecule has 2 unspecified atom stereocenters. The fourth-order valence-corrected chi connectivity index (χ4v) is 4.42. The molecule has 2 atom stereocenters. The van der Waals surface area contributed by atoms with Crippen LogP contribution in [0.2, 0.25) is 0 Å². The van der Waals surface area contributed by atoms with Crippen LogP contribution in [0.25, 0.3) is 0 Å². The number of esters is 1. The molecule has 0 saturated carbocycles. The van der Waals surface area contributed by atoms with Crippen LogP contribution in [-0.4, -0.2) is 50.7 Å². The molecule has 0 aliphatic rings. The molecule has 0 spiro atoms. The van der Waals surface area contributed by atoms with Crippen molar-refractivity contribution < 1.29 is 39.2 Å². The van der Waals surface area contributed by atoms with Crippen LogP contribution >= 0.6 is 0 Å². The SMILES string of the molecule is CCCCCCCCCCCCCCCCC(OC(=O)CC(O)(CC(=O)O)C(=O)O)C(=O)CCCCC. The molecule has 0 heterocycles. The summed E-state index contributed by atoms with van der Waals surface area (Å²) >= 11 is 0. The fourth-order valence-electron chi connectivity index (χ4n) is 4.42. The van der Waals surface area contributed by atoms with Crippen molar-refractivity contribution in [2.75, 3.05) is 0 Å². The molecule has 8 nitrogen and oxygen atoms in total. The van der Waals surface area contributed by atoms with Crippen LogP contribution in [0.3, 0.4) is 0 Å². The number of unbranched alkanes of at least 4 members (excludes halogenated alkanes) is 15. The lowest BCUT2D eigenvalue weighted by atomic mass is 9.95. The number of carboxylic acid groups (broad SMARTS) is 2. The van der Waals surface area contributed by atoms with Crippen molar-refractivity contribution in [3.05, 3.63) is 0 Å². The van der Waals surface area contributed by atoms with E-state index in [0.29, 0.717) is 19.3 Å². The summed E-state index contributed by atoms with van der Waals surface area (Å²) in [7, 11) is 0. The van der Waals surface area contributed by atoms with Gasteiger partial charge in [0.05, 0.1) is 12.8 Å². The van der Waals surface area contributed by atoms with E-state index in [1.54, 1.807) is 0 Å². The van der Waals surface area contributed by atoms with Crippen LogP contribution in [0.15, 0.2) is 0 Å². The summed E-state index contributed by atoms with van der Waals surface area (Å²) in [5, 5.41) is 28.1. The van der Waals surface area contributed by atoms with Crippen molar-refractivity contribution >= 4 is 23.7 Å². The van der Waals surface area contributed by atoms with Crippen LogP contribution in [0, 0.1) is 0 Å². The Labute approximate surface area is 223 Å². The minimum absolute atomic E-state index is 0.214. The normalized spacial score (nSPS) is 13.6. The average molecular weight is 529 g/mol. The summed E-state index contributed by atoms with van der Waals surface area (Å²) in [6, 6.07) is 0. The Kier molecular flexibility index (Phi) is 20.9. The van der Waals surface area contributed by atoms with E-state index in [0.717, 1.165) is 32.1 Å². The van der Waals surface area contributed by atoms with Gasteiger partial charge in [-0.1, -0.05) is 110 Å². The largest absolute Gasteiger partial charge is 0.481 e. The van der Waals surface area contributed by atoms with Gasteiger partial charge in [-0.05, 0) is 19.3 Å². The highest BCUT2D eigenvalue weighted by Crippen LogP contribution is 2.20. The number of hydrogen-bond donors (Lipinski definition) is 3. The van der Waals surface area contributed by atoms with Gasteiger partial charge in [0.15, 0.2) is 17.5 Å². The Morgan fingerprint density at radius 2 is 1.08 bits per heavy atom. The minimum atomic E-state index is -2.77. The lowest BCUT2D eigenvalue weighted by molar-refractivity contribution is -0.174. The lowest BCUT2D eigenvalue weighted by Crippen LogP contribution is -2.44. The number of aliphatic carboxylic acids is 2. The summed E-state index contributed by atoms with van der Waals surface area (Å²) < 4.78 is 5.28. The molecule has 0 radical (unpaired) electrons. The molecule has 37 heavy (non-hydrogen) atoms. The van der Waals surface area contributed by atoms with Crippen LogP contribution in [0.1, 0.15) is 149 Å². The highest BCUT2D eigenvalue weighted by atomic mass is 16.5. The second kappa shape index (κ2) is 22.1. The Morgan fingerprint density at radius 1 is 0.649 bits per heavy atom. The molecule has 0 rings (SSSR count). The molecular formula is C29H52O8. The van der Waals surface area contributed by atoms with Crippen LogP contribution in [-0.2, 0) is 23.9 Å². The first-order valence-corrected chi connectivity index (χ1v) is 14.6. The van der Waals surface area contributed by atoms with Gasteiger partial charge >= 0.3 is 17.9 Å². The maximum atomic E-state index is 12.6. The number of carbonyl (C=O) groups excluding carboxylic acids is 2. The second-order valence-electron chi connectivity index (χ2n) is 10.4. The predicted molar refractivity (Wildman–Crippen MR) is 143 cm³/mol. The molecule has 8 heteroatoms. The quantitative estimate of drug-likeness (QED) is 0.0843. The zero-order valence-corrected chi connectivity index (χ0v) is 23.3. The monoisotopic (exact) mass is 528 g/mol. The first kappa shape index (κ1) is 35.0. The molecule has 0 saturated heterocycles. The highest BCUT2D eigenvalue weighted by Gasteiger charge is 2.42. The van der Waals surface area contributed by atoms with Gasteiger partial charge < -0.3 is 20.1 Å². The molecule has 0 fully saturated rings. The number of Topliss-reactive ketones (excluding diaryl/α,β-unsaturated/α-hetero) is 1. The topological polar surface area (TPSA) is 138 Å². The number of carboxylic acids is 2. The number of ketones is 1. The van der Waals surface area contributed by atoms with E-state index in [4.69, 9.17) is 9.84 Å². The lowest BCUT2D eigenvalue weighted by Gasteiger charge is -2.22. The molecule has 0 aromatic heterocycles. The Balaban J connectivity index is 4.40. The van der Waals surface area contributed by atoms with Crippen LogP contribution < -0.4 is 0 Å². The maximum absolute atomic E-state index is 12.6. The molecule has 0 aliphatic heterocycles. The summed E-state index contributed by atoms with van der Waals surface area (Å²) in [4.78, 5) is 47.2. The van der Waals surface area contributed by atoms with Gasteiger partial charge in [0.2, 0.25) is 0 Å². The molecular weight excluding hydrogens is 476 g/mol. The summed E-state index contributed by atoms with van der Waals surface area (Å²) in [5.74, 6) is -4.66. The van der Waals surface area contributed by atoms with Gasteiger partial charge in [0.1, 0.15) is 0 Å². The average Bonchev–Trinajstić information content (AvgIpc) is 2.82. The zero-order chi connectivity index (χ0) is 27.9. The summed E-state index contributed by atoms with van der Waals surface area (Å²) in [6.45, 7) is 4.25. The Morgan fingerprint density at radius 3 is 1.51 bits per heavy atom. The first-order valence-electron chi connectivity index (χ1n) is 14.6. The van der Waals surface area contributed by atoms with Gasteiger partial charge in [-0.2, -0.15) is 0 Å². The predicted octanol–water partition coefficient (Wildman–Crippen LogP) is 6.60. The Bertz CT molecular complexity index is 648. The maximum Gasteiger partial charge on any atom is 0.336 e. The molecule has 0 aliphatic carbocycles. The van der Waals surface area contributed by atoms with Gasteiger partial charge in [0, 0.05) is 6.42 Å². The van der Waals surface area contributed by atoms with E-state index in [1.807, 2.05) is 6.92 Å². The number of carbonyl (C=O) groups is 4. The van der Waals surface area contributed by atoms with Crippen molar-refractivity contribution in [3.63, 3.8) is 0 Å². The highest BCUT2D eigenvalue weighted by molar-refractivity contribution is 5.90. The van der Waals surface area contributed by atoms with Crippen molar-refractivity contribution in [1.29, 1.82) is 0 Å². The first-order chi connectivity index (χ1) is 17.7. The molecule has 216 valence electrons. The zero-order valence-electron chi connectivity index (χ0n) is 23.3. The van der Waals surface area contributed by atoms with Gasteiger partial charge in [-0.15, -0.1) is 0 Å². The second-order valence-corrected chi connectivity index (χ2v) is 10.4. The van der Waals surface area contributed by atoms with Crippen LogP contribution in [0.4, 0.5) is 0 Å². The van der Waals surface area contributed by atoms with Gasteiger partial charge in [-0.3, -0.25) is 14.4 Å². The van der Waals surface area contributed by atoms with Crippen LogP contribution in [0.5, 0.6) is 0 Å². The fraction of sp³-hybridized carbons (Fsp3) is 0.862. The molecule has 3 N–H and O–H groups in total. The summed E-state index contributed by atoms with van der Waals surface area (Å²) in [5.41, 5.74) is -2.77. The van der Waals surface area contributed by atoms with Crippen molar-refractivity contribution in [1.82, 2.24) is 0 Å². The van der Waals surface area contributed by atoms with E-state index in [9.17, 15) is 29.4 Å². The third-order valence-electron chi connectivity index (χ3n) is 6.76. The number of aliphatic hydroxyl groups is 1. The molecule has 0 bridgehead atoms. The van der Waals surface area contributed by atoms with E-state index in [2.05, 4.69) is 6.92 Å². The van der Waals surface area contributed by atoms with Crippen molar-refractivity contribution in [3.8, 4) is 0 Å². The van der Waals surface area contributed by atoms with E-state index in [1.165, 1.54) is 64.2 Å². The van der Waals surface area contributed by atoms with Gasteiger partial charge in [0.25, 0.3) is 0 Å². The van der Waals surface area contributed by atoms with E-state index < -0.39 is 42.5 Å². The molecule has 0 aromatic carbocycles. The van der Waals surface area contributed by atoms with E-state index >= 15 is 0 Å². The van der Waals surface area contributed by atoms with Crippen molar-refractivity contribution in [2.45, 2.75) is 160 Å². The standard InChI is InChI=1S/C29H52O8/c1-3-5-7-8-9-10-11-12-13-14-15-16-17-19-21-25(24(30)20-18-6-4-2)37-27(33)23-29(36,28(34)35)22-26(31)32/h25,36H,3-23H2,1-2H3,(H,31,32)(H,34,35). The number of rotatable bonds is 26. The molecule has 0 aromatic rings. The van der Waals surface area contributed by atoms with Gasteiger partial charge in [-0.25, -0.2) is 4.79 Å².